The second-order valence-electron chi connectivity index (χ2n) is 4.03. The molecular weight excluding hydrogens is 248 g/mol. The van der Waals surface area contributed by atoms with Crippen LogP contribution in [0.1, 0.15) is 30.1 Å². The largest absolute Gasteiger partial charge is 0.504 e. The van der Waals surface area contributed by atoms with Crippen LogP contribution in [0, 0.1) is 0 Å². The zero-order valence-corrected chi connectivity index (χ0v) is 10.8. The Bertz CT molecular complexity index is 460. The number of hydrogen-bond acceptors (Lipinski definition) is 4. The number of amides is 2. The predicted octanol–water partition coefficient (Wildman–Crippen LogP) is 0.744. The van der Waals surface area contributed by atoms with Crippen LogP contribution in [0.5, 0.6) is 11.5 Å². The molecule has 0 aliphatic heterocycles. The molecule has 0 spiro atoms. The molecule has 0 saturated carbocycles. The van der Waals surface area contributed by atoms with Crippen LogP contribution < -0.4 is 10.6 Å². The van der Waals surface area contributed by atoms with E-state index in [2.05, 4.69) is 10.6 Å². The van der Waals surface area contributed by atoms with Gasteiger partial charge in [-0.1, -0.05) is 13.0 Å². The Hall–Kier alpha value is -2.24. The third-order valence-corrected chi connectivity index (χ3v) is 2.47. The molecule has 1 rings (SSSR count). The zero-order valence-electron chi connectivity index (χ0n) is 10.8. The third-order valence-electron chi connectivity index (χ3n) is 2.47. The fourth-order valence-corrected chi connectivity index (χ4v) is 1.45. The van der Waals surface area contributed by atoms with Crippen molar-refractivity contribution in [3.63, 3.8) is 0 Å². The molecule has 0 atom stereocenters. The van der Waals surface area contributed by atoms with E-state index >= 15 is 0 Å². The van der Waals surface area contributed by atoms with Gasteiger partial charge in [-0.3, -0.25) is 9.59 Å². The summed E-state index contributed by atoms with van der Waals surface area (Å²) in [4.78, 5) is 23.0. The highest BCUT2D eigenvalue weighted by Gasteiger charge is 2.13. The summed E-state index contributed by atoms with van der Waals surface area (Å²) < 4.78 is 0. The molecule has 1 aromatic carbocycles. The molecular formula is C13H18N2O4. The summed E-state index contributed by atoms with van der Waals surface area (Å²) in [5, 5.41) is 24.0. The van der Waals surface area contributed by atoms with E-state index in [1.165, 1.54) is 18.2 Å². The molecule has 1 aromatic rings. The number of para-hydroxylation sites is 1. The Morgan fingerprint density at radius 2 is 1.89 bits per heavy atom. The number of benzene rings is 1. The molecule has 0 unspecified atom stereocenters. The van der Waals surface area contributed by atoms with Gasteiger partial charge in [0.2, 0.25) is 5.91 Å². The SMILES string of the molecule is CCCNC(=O)CCNC(=O)c1cccc(O)c1O. The lowest BCUT2D eigenvalue weighted by molar-refractivity contribution is -0.120. The molecule has 0 aromatic heterocycles. The second-order valence-corrected chi connectivity index (χ2v) is 4.03. The van der Waals surface area contributed by atoms with E-state index in [9.17, 15) is 19.8 Å². The highest BCUT2D eigenvalue weighted by atomic mass is 16.3. The molecule has 6 heteroatoms. The molecule has 2 amide bonds. The maximum Gasteiger partial charge on any atom is 0.255 e. The molecule has 104 valence electrons. The molecule has 6 nitrogen and oxygen atoms in total. The van der Waals surface area contributed by atoms with Gasteiger partial charge in [0, 0.05) is 19.5 Å². The minimum absolute atomic E-state index is 0.0195. The van der Waals surface area contributed by atoms with Crippen LogP contribution in [0.4, 0.5) is 0 Å². The lowest BCUT2D eigenvalue weighted by Crippen LogP contribution is -2.31. The quantitative estimate of drug-likeness (QED) is 0.571. The second kappa shape index (κ2) is 7.25. The van der Waals surface area contributed by atoms with E-state index in [1.807, 2.05) is 6.92 Å². The number of hydrogen-bond donors (Lipinski definition) is 4. The zero-order chi connectivity index (χ0) is 14.3. The van der Waals surface area contributed by atoms with E-state index in [1.54, 1.807) is 0 Å². The van der Waals surface area contributed by atoms with Crippen LogP contribution >= 0.6 is 0 Å². The Morgan fingerprint density at radius 3 is 2.58 bits per heavy atom. The van der Waals surface area contributed by atoms with Crippen LogP contribution in [0.2, 0.25) is 0 Å². The van der Waals surface area contributed by atoms with Gasteiger partial charge in [0.1, 0.15) is 0 Å². The van der Waals surface area contributed by atoms with Crippen LogP contribution in [0.25, 0.3) is 0 Å². The number of phenolic OH excluding ortho intramolecular Hbond substituents is 2. The van der Waals surface area contributed by atoms with Crippen molar-refractivity contribution < 1.29 is 19.8 Å². The number of carbonyl (C=O) groups excluding carboxylic acids is 2. The molecule has 0 bridgehead atoms. The van der Waals surface area contributed by atoms with Gasteiger partial charge in [-0.05, 0) is 18.6 Å². The first-order chi connectivity index (χ1) is 9.06. The lowest BCUT2D eigenvalue weighted by atomic mass is 10.1. The molecule has 0 saturated heterocycles. The van der Waals surface area contributed by atoms with E-state index < -0.39 is 11.7 Å². The van der Waals surface area contributed by atoms with E-state index in [0.29, 0.717) is 6.54 Å². The van der Waals surface area contributed by atoms with E-state index in [-0.39, 0.29) is 30.2 Å². The van der Waals surface area contributed by atoms with Crippen LogP contribution in [0.15, 0.2) is 18.2 Å². The minimum atomic E-state index is -0.531. The van der Waals surface area contributed by atoms with Crippen molar-refractivity contribution in [2.75, 3.05) is 13.1 Å². The minimum Gasteiger partial charge on any atom is -0.504 e. The van der Waals surface area contributed by atoms with E-state index in [4.69, 9.17) is 0 Å². The Labute approximate surface area is 111 Å². The number of phenols is 2. The van der Waals surface area contributed by atoms with Gasteiger partial charge < -0.3 is 20.8 Å². The van der Waals surface area contributed by atoms with Crippen molar-refractivity contribution in [2.45, 2.75) is 19.8 Å². The molecule has 0 heterocycles. The van der Waals surface area contributed by atoms with Crippen molar-refractivity contribution in [3.05, 3.63) is 23.8 Å². The van der Waals surface area contributed by atoms with Crippen molar-refractivity contribution in [3.8, 4) is 11.5 Å². The van der Waals surface area contributed by atoms with Crippen molar-refractivity contribution in [1.82, 2.24) is 10.6 Å². The molecule has 4 N–H and O–H groups in total. The first-order valence-electron chi connectivity index (χ1n) is 6.12. The van der Waals surface area contributed by atoms with Crippen LogP contribution in [0.3, 0.4) is 0 Å². The predicted molar refractivity (Wildman–Crippen MR) is 70.0 cm³/mol. The first-order valence-corrected chi connectivity index (χ1v) is 6.12. The Balaban J connectivity index is 2.43. The number of rotatable bonds is 6. The lowest BCUT2D eigenvalue weighted by Gasteiger charge is -2.08. The normalized spacial score (nSPS) is 9.95. The van der Waals surface area contributed by atoms with Crippen molar-refractivity contribution in [2.24, 2.45) is 0 Å². The molecule has 0 radical (unpaired) electrons. The topological polar surface area (TPSA) is 98.7 Å². The van der Waals surface area contributed by atoms with Gasteiger partial charge in [-0.15, -0.1) is 0 Å². The van der Waals surface area contributed by atoms with Gasteiger partial charge in [0.15, 0.2) is 11.5 Å². The summed E-state index contributed by atoms with van der Waals surface area (Å²) in [6.07, 6.45) is 1.03. The van der Waals surface area contributed by atoms with Gasteiger partial charge in [-0.2, -0.15) is 0 Å². The van der Waals surface area contributed by atoms with Crippen LogP contribution in [-0.2, 0) is 4.79 Å². The fourth-order valence-electron chi connectivity index (χ4n) is 1.45. The highest BCUT2D eigenvalue weighted by Crippen LogP contribution is 2.27. The third kappa shape index (κ3) is 4.50. The summed E-state index contributed by atoms with van der Waals surface area (Å²) in [5.41, 5.74) is -0.0195. The Morgan fingerprint density at radius 1 is 1.16 bits per heavy atom. The summed E-state index contributed by atoms with van der Waals surface area (Å²) in [6, 6.07) is 4.13. The first kappa shape index (κ1) is 14.8. The molecule has 0 fully saturated rings. The summed E-state index contributed by atoms with van der Waals surface area (Å²) in [6.45, 7) is 2.73. The maximum atomic E-state index is 11.7. The summed E-state index contributed by atoms with van der Waals surface area (Å²) in [7, 11) is 0. The average molecular weight is 266 g/mol. The number of carbonyl (C=O) groups is 2. The Kier molecular flexibility index (Phi) is 5.66. The smallest absolute Gasteiger partial charge is 0.255 e. The maximum absolute atomic E-state index is 11.7. The monoisotopic (exact) mass is 266 g/mol. The fraction of sp³-hybridized carbons (Fsp3) is 0.385. The van der Waals surface area contributed by atoms with Crippen molar-refractivity contribution in [1.29, 1.82) is 0 Å². The molecule has 0 aliphatic rings. The molecule has 19 heavy (non-hydrogen) atoms. The van der Waals surface area contributed by atoms with Gasteiger partial charge in [0.05, 0.1) is 5.56 Å². The number of aromatic hydroxyl groups is 2. The molecule has 0 aliphatic carbocycles. The summed E-state index contributed by atoms with van der Waals surface area (Å²) >= 11 is 0. The number of nitrogens with one attached hydrogen (secondary N) is 2. The standard InChI is InChI=1S/C13H18N2O4/c1-2-7-14-11(17)6-8-15-13(19)9-4-3-5-10(16)12(9)18/h3-5,16,18H,2,6-8H2,1H3,(H,14,17)(H,15,19). The average Bonchev–Trinajstić information content (AvgIpc) is 2.39. The summed E-state index contributed by atoms with van der Waals surface area (Å²) in [5.74, 6) is -1.48. The van der Waals surface area contributed by atoms with Crippen molar-refractivity contribution >= 4 is 11.8 Å². The highest BCUT2D eigenvalue weighted by molar-refractivity contribution is 5.97. The van der Waals surface area contributed by atoms with E-state index in [0.717, 1.165) is 6.42 Å². The van der Waals surface area contributed by atoms with Gasteiger partial charge in [0.25, 0.3) is 5.91 Å². The van der Waals surface area contributed by atoms with Crippen LogP contribution in [-0.4, -0.2) is 35.1 Å². The van der Waals surface area contributed by atoms with Gasteiger partial charge >= 0.3 is 0 Å². The van der Waals surface area contributed by atoms with Gasteiger partial charge in [-0.25, -0.2) is 0 Å².